The van der Waals surface area contributed by atoms with E-state index in [1.54, 1.807) is 4.90 Å². The summed E-state index contributed by atoms with van der Waals surface area (Å²) in [6.45, 7) is 4.90. The molecule has 3 heterocycles. The third-order valence-electron chi connectivity index (χ3n) is 3.88. The standard InChI is InChI=1S/C15H18ClN5O2/c1-9-13(10(2)20-19-9)14(22)21-5-3-4-12(8-21)23-15-17-6-11(16)7-18-15/h6-7,12H,3-5,8H2,1-2H3,(H,19,20). The highest BCUT2D eigenvalue weighted by atomic mass is 35.5. The lowest BCUT2D eigenvalue weighted by Crippen LogP contribution is -2.44. The predicted octanol–water partition coefficient (Wildman–Crippen LogP) is 2.15. The molecule has 0 spiro atoms. The maximum Gasteiger partial charge on any atom is 0.316 e. The molecule has 1 atom stereocenters. The van der Waals surface area contributed by atoms with E-state index in [4.69, 9.17) is 16.3 Å². The Kier molecular flexibility index (Phi) is 4.47. The molecule has 2 aromatic rings. The summed E-state index contributed by atoms with van der Waals surface area (Å²) in [6.07, 6.45) is 4.60. The number of piperidine rings is 1. The first kappa shape index (κ1) is 15.7. The Morgan fingerprint density at radius 1 is 1.39 bits per heavy atom. The number of aryl methyl sites for hydroxylation is 2. The van der Waals surface area contributed by atoms with Crippen molar-refractivity contribution in [2.75, 3.05) is 13.1 Å². The summed E-state index contributed by atoms with van der Waals surface area (Å²) in [5.74, 6) is -0.0147. The summed E-state index contributed by atoms with van der Waals surface area (Å²) in [4.78, 5) is 22.6. The summed E-state index contributed by atoms with van der Waals surface area (Å²) in [6, 6.07) is 0.282. The van der Waals surface area contributed by atoms with Gasteiger partial charge in [-0.1, -0.05) is 11.6 Å². The van der Waals surface area contributed by atoms with Gasteiger partial charge in [-0.05, 0) is 26.7 Å². The molecule has 1 N–H and O–H groups in total. The van der Waals surface area contributed by atoms with Crippen molar-refractivity contribution in [2.45, 2.75) is 32.8 Å². The zero-order valence-electron chi connectivity index (χ0n) is 13.0. The normalized spacial score (nSPS) is 18.0. The highest BCUT2D eigenvalue weighted by Gasteiger charge is 2.28. The molecule has 1 aliphatic heterocycles. The number of nitrogens with one attached hydrogen (secondary N) is 1. The van der Waals surface area contributed by atoms with Crippen LogP contribution in [0.15, 0.2) is 12.4 Å². The summed E-state index contributed by atoms with van der Waals surface area (Å²) >= 11 is 5.76. The number of amides is 1. The van der Waals surface area contributed by atoms with Gasteiger partial charge < -0.3 is 9.64 Å². The number of rotatable bonds is 3. The second-order valence-corrected chi connectivity index (χ2v) is 6.06. The molecular formula is C15H18ClN5O2. The van der Waals surface area contributed by atoms with Crippen molar-refractivity contribution in [1.29, 1.82) is 0 Å². The van der Waals surface area contributed by atoms with Crippen LogP contribution in [-0.4, -0.2) is 50.2 Å². The highest BCUT2D eigenvalue weighted by Crippen LogP contribution is 2.20. The molecule has 0 saturated carbocycles. The number of likely N-dealkylation sites (tertiary alicyclic amines) is 1. The molecule has 1 unspecified atom stereocenters. The van der Waals surface area contributed by atoms with Gasteiger partial charge in [0.1, 0.15) is 6.10 Å². The van der Waals surface area contributed by atoms with Crippen LogP contribution in [0.2, 0.25) is 5.02 Å². The lowest BCUT2D eigenvalue weighted by molar-refractivity contribution is 0.0514. The minimum absolute atomic E-state index is 0.0147. The van der Waals surface area contributed by atoms with Gasteiger partial charge in [0.25, 0.3) is 5.91 Å². The smallest absolute Gasteiger partial charge is 0.316 e. The maximum absolute atomic E-state index is 12.7. The van der Waals surface area contributed by atoms with E-state index < -0.39 is 0 Å². The minimum Gasteiger partial charge on any atom is -0.458 e. The number of carbonyl (C=O) groups is 1. The Morgan fingerprint density at radius 2 is 2.13 bits per heavy atom. The van der Waals surface area contributed by atoms with Gasteiger partial charge in [0.05, 0.1) is 35.2 Å². The Labute approximate surface area is 139 Å². The Morgan fingerprint density at radius 3 is 2.78 bits per heavy atom. The molecule has 1 fully saturated rings. The predicted molar refractivity (Wildman–Crippen MR) is 84.7 cm³/mol. The second kappa shape index (κ2) is 6.54. The molecular weight excluding hydrogens is 318 g/mol. The summed E-state index contributed by atoms with van der Waals surface area (Å²) < 4.78 is 5.77. The van der Waals surface area contributed by atoms with Crippen molar-refractivity contribution in [3.63, 3.8) is 0 Å². The van der Waals surface area contributed by atoms with Gasteiger partial charge in [-0.25, -0.2) is 9.97 Å². The molecule has 0 radical (unpaired) electrons. The van der Waals surface area contributed by atoms with Crippen molar-refractivity contribution in [3.05, 3.63) is 34.4 Å². The number of ether oxygens (including phenoxy) is 1. The molecule has 23 heavy (non-hydrogen) atoms. The number of H-pyrrole nitrogens is 1. The molecule has 0 aromatic carbocycles. The number of halogens is 1. The topological polar surface area (TPSA) is 84.0 Å². The average molecular weight is 336 g/mol. The van der Waals surface area contributed by atoms with E-state index in [0.29, 0.717) is 23.7 Å². The number of hydrogen-bond acceptors (Lipinski definition) is 5. The van der Waals surface area contributed by atoms with E-state index in [2.05, 4.69) is 20.2 Å². The van der Waals surface area contributed by atoms with E-state index in [-0.39, 0.29) is 18.0 Å². The van der Waals surface area contributed by atoms with Gasteiger partial charge in [0, 0.05) is 12.2 Å². The maximum atomic E-state index is 12.7. The van der Waals surface area contributed by atoms with Gasteiger partial charge in [-0.2, -0.15) is 5.10 Å². The van der Waals surface area contributed by atoms with Crippen LogP contribution in [0.4, 0.5) is 0 Å². The van der Waals surface area contributed by atoms with Crippen LogP contribution in [0.25, 0.3) is 0 Å². The number of nitrogens with zero attached hydrogens (tertiary/aromatic N) is 4. The highest BCUT2D eigenvalue weighted by molar-refractivity contribution is 6.30. The molecule has 1 saturated heterocycles. The lowest BCUT2D eigenvalue weighted by Gasteiger charge is -2.32. The fourth-order valence-corrected chi connectivity index (χ4v) is 2.85. The van der Waals surface area contributed by atoms with Crippen LogP contribution in [0, 0.1) is 13.8 Å². The monoisotopic (exact) mass is 335 g/mol. The van der Waals surface area contributed by atoms with Crippen LogP contribution >= 0.6 is 11.6 Å². The second-order valence-electron chi connectivity index (χ2n) is 5.63. The number of aromatic nitrogens is 4. The fraction of sp³-hybridized carbons (Fsp3) is 0.467. The van der Waals surface area contributed by atoms with E-state index in [1.165, 1.54) is 12.4 Å². The van der Waals surface area contributed by atoms with Crippen LogP contribution in [0.3, 0.4) is 0 Å². The third kappa shape index (κ3) is 3.44. The van der Waals surface area contributed by atoms with Crippen LogP contribution < -0.4 is 4.74 Å². The zero-order valence-corrected chi connectivity index (χ0v) is 13.8. The lowest BCUT2D eigenvalue weighted by atomic mass is 10.1. The minimum atomic E-state index is -0.124. The van der Waals surface area contributed by atoms with E-state index >= 15 is 0 Å². The molecule has 1 amide bonds. The molecule has 7 nitrogen and oxygen atoms in total. The van der Waals surface area contributed by atoms with Gasteiger partial charge in [-0.3, -0.25) is 9.89 Å². The zero-order chi connectivity index (χ0) is 16.4. The fourth-order valence-electron chi connectivity index (χ4n) is 2.75. The van der Waals surface area contributed by atoms with Crippen molar-refractivity contribution in [2.24, 2.45) is 0 Å². The van der Waals surface area contributed by atoms with Crippen LogP contribution in [0.5, 0.6) is 6.01 Å². The Balaban J connectivity index is 1.68. The average Bonchev–Trinajstić information content (AvgIpc) is 2.88. The van der Waals surface area contributed by atoms with Gasteiger partial charge in [-0.15, -0.1) is 0 Å². The first-order chi connectivity index (χ1) is 11.0. The molecule has 8 heteroatoms. The van der Waals surface area contributed by atoms with Crippen LogP contribution in [0.1, 0.15) is 34.6 Å². The van der Waals surface area contributed by atoms with Gasteiger partial charge in [0.15, 0.2) is 0 Å². The molecule has 2 aromatic heterocycles. The van der Waals surface area contributed by atoms with Crippen molar-refractivity contribution in [3.8, 4) is 6.01 Å². The van der Waals surface area contributed by atoms with E-state index in [1.807, 2.05) is 13.8 Å². The summed E-state index contributed by atoms with van der Waals surface area (Å²) in [5.41, 5.74) is 2.15. The Hall–Kier alpha value is -2.15. The van der Waals surface area contributed by atoms with Crippen molar-refractivity contribution < 1.29 is 9.53 Å². The number of aromatic amines is 1. The molecule has 1 aliphatic rings. The summed E-state index contributed by atoms with van der Waals surface area (Å²) in [7, 11) is 0. The van der Waals surface area contributed by atoms with Crippen molar-refractivity contribution >= 4 is 17.5 Å². The van der Waals surface area contributed by atoms with E-state index in [0.717, 1.165) is 24.2 Å². The van der Waals surface area contributed by atoms with Crippen LogP contribution in [-0.2, 0) is 0 Å². The number of hydrogen-bond donors (Lipinski definition) is 1. The van der Waals surface area contributed by atoms with E-state index in [9.17, 15) is 4.79 Å². The van der Waals surface area contributed by atoms with Gasteiger partial charge in [0.2, 0.25) is 0 Å². The SMILES string of the molecule is Cc1n[nH]c(C)c1C(=O)N1CCCC(Oc2ncc(Cl)cn2)C1. The Bertz CT molecular complexity index is 681. The molecule has 0 bridgehead atoms. The molecule has 122 valence electrons. The first-order valence-electron chi connectivity index (χ1n) is 7.49. The molecule has 0 aliphatic carbocycles. The third-order valence-corrected chi connectivity index (χ3v) is 4.07. The molecule has 3 rings (SSSR count). The quantitative estimate of drug-likeness (QED) is 0.929. The largest absolute Gasteiger partial charge is 0.458 e. The first-order valence-corrected chi connectivity index (χ1v) is 7.87. The number of carbonyl (C=O) groups excluding carboxylic acids is 1. The summed E-state index contributed by atoms with van der Waals surface area (Å²) in [5, 5.41) is 7.40. The van der Waals surface area contributed by atoms with Crippen molar-refractivity contribution in [1.82, 2.24) is 25.1 Å². The van der Waals surface area contributed by atoms with Gasteiger partial charge >= 0.3 is 6.01 Å².